The van der Waals surface area contributed by atoms with Crippen LogP contribution in [0.3, 0.4) is 0 Å². The molecule has 0 radical (unpaired) electrons. The van der Waals surface area contributed by atoms with Crippen LogP contribution in [0.1, 0.15) is 19.8 Å². The Labute approximate surface area is 90.7 Å². The Morgan fingerprint density at radius 1 is 1.43 bits per heavy atom. The van der Waals surface area contributed by atoms with Gasteiger partial charge in [0.1, 0.15) is 0 Å². The number of hydrogen-bond donors (Lipinski definition) is 2. The first kappa shape index (κ1) is 14.2. The summed E-state index contributed by atoms with van der Waals surface area (Å²) in [5, 5.41) is 8.48. The number of aliphatic hydroxyl groups is 1. The van der Waals surface area contributed by atoms with Gasteiger partial charge in [0.2, 0.25) is 10.0 Å². The van der Waals surface area contributed by atoms with Gasteiger partial charge in [0.05, 0.1) is 5.75 Å². The minimum absolute atomic E-state index is 0.0352. The summed E-state index contributed by atoms with van der Waals surface area (Å²) in [6.07, 6.45) is 1.28. The van der Waals surface area contributed by atoms with Gasteiger partial charge in [-0.3, -0.25) is 0 Å². The summed E-state index contributed by atoms with van der Waals surface area (Å²) < 4.78 is 25.1. The van der Waals surface area contributed by atoms with Crippen LogP contribution < -0.4 is 4.72 Å². The zero-order valence-electron chi connectivity index (χ0n) is 8.37. The van der Waals surface area contributed by atoms with Gasteiger partial charge in [-0.2, -0.15) is 0 Å². The first-order valence-corrected chi connectivity index (χ1v) is 6.84. The molecule has 14 heavy (non-hydrogen) atoms. The second-order valence-electron chi connectivity index (χ2n) is 3.37. The highest BCUT2D eigenvalue weighted by molar-refractivity contribution is 7.89. The maximum Gasteiger partial charge on any atom is 0.211 e. The fraction of sp³-hybridized carbons (Fsp3) is 1.00. The molecule has 0 amide bonds. The monoisotopic (exact) mass is 243 g/mol. The highest BCUT2D eigenvalue weighted by Crippen LogP contribution is 2.01. The van der Waals surface area contributed by atoms with Crippen molar-refractivity contribution < 1.29 is 13.5 Å². The Kier molecular flexibility index (Phi) is 7.54. The van der Waals surface area contributed by atoms with Gasteiger partial charge in [-0.15, -0.1) is 11.6 Å². The van der Waals surface area contributed by atoms with Gasteiger partial charge in [0.15, 0.2) is 0 Å². The topological polar surface area (TPSA) is 66.4 Å². The largest absolute Gasteiger partial charge is 0.396 e. The Morgan fingerprint density at radius 3 is 2.57 bits per heavy atom. The Morgan fingerprint density at radius 2 is 2.07 bits per heavy atom. The van der Waals surface area contributed by atoms with Crippen LogP contribution in [0, 0.1) is 5.92 Å². The van der Waals surface area contributed by atoms with Gasteiger partial charge in [-0.05, 0) is 18.8 Å². The van der Waals surface area contributed by atoms with Gasteiger partial charge in [0.25, 0.3) is 0 Å². The minimum Gasteiger partial charge on any atom is -0.396 e. The lowest BCUT2D eigenvalue weighted by Gasteiger charge is -2.09. The Balaban J connectivity index is 3.73. The maximum absolute atomic E-state index is 11.3. The van der Waals surface area contributed by atoms with Gasteiger partial charge in [-0.25, -0.2) is 13.1 Å². The number of halogens is 1. The van der Waals surface area contributed by atoms with Crippen molar-refractivity contribution in [3.8, 4) is 0 Å². The van der Waals surface area contributed by atoms with Crippen molar-refractivity contribution in [3.05, 3.63) is 0 Å². The van der Waals surface area contributed by atoms with Crippen molar-refractivity contribution in [1.82, 2.24) is 4.72 Å². The summed E-state index contributed by atoms with van der Waals surface area (Å²) in [7, 11) is -3.19. The average molecular weight is 244 g/mol. The Bertz CT molecular complexity index is 231. The molecule has 0 aromatic carbocycles. The SMILES string of the molecule is CC(CCl)CS(=O)(=O)NCCCCO. The summed E-state index contributed by atoms with van der Waals surface area (Å²) >= 11 is 5.52. The lowest BCUT2D eigenvalue weighted by Crippen LogP contribution is -2.30. The van der Waals surface area contributed by atoms with E-state index in [1.807, 2.05) is 0 Å². The molecule has 0 spiro atoms. The van der Waals surface area contributed by atoms with E-state index in [9.17, 15) is 8.42 Å². The van der Waals surface area contributed by atoms with E-state index in [4.69, 9.17) is 16.7 Å². The van der Waals surface area contributed by atoms with Crippen molar-refractivity contribution in [2.75, 3.05) is 24.8 Å². The molecule has 86 valence electrons. The van der Waals surface area contributed by atoms with E-state index < -0.39 is 10.0 Å². The molecule has 0 aliphatic rings. The van der Waals surface area contributed by atoms with E-state index in [1.165, 1.54) is 0 Å². The molecular formula is C8H18ClNO3S. The second-order valence-corrected chi connectivity index (χ2v) is 5.53. The quantitative estimate of drug-likeness (QED) is 0.484. The van der Waals surface area contributed by atoms with Crippen molar-refractivity contribution >= 4 is 21.6 Å². The minimum atomic E-state index is -3.19. The van der Waals surface area contributed by atoms with E-state index >= 15 is 0 Å². The lowest BCUT2D eigenvalue weighted by molar-refractivity contribution is 0.285. The normalized spacial score (nSPS) is 14.2. The molecule has 1 unspecified atom stereocenters. The molecule has 0 aliphatic heterocycles. The number of sulfonamides is 1. The molecule has 4 nitrogen and oxygen atoms in total. The first-order valence-electron chi connectivity index (χ1n) is 4.66. The molecule has 0 saturated carbocycles. The third-order valence-electron chi connectivity index (χ3n) is 1.67. The number of alkyl halides is 1. The zero-order chi connectivity index (χ0) is 11.0. The number of hydrogen-bond acceptors (Lipinski definition) is 3. The molecule has 0 fully saturated rings. The molecule has 0 aromatic heterocycles. The van der Waals surface area contributed by atoms with Gasteiger partial charge >= 0.3 is 0 Å². The van der Waals surface area contributed by atoms with Crippen LogP contribution in [0.2, 0.25) is 0 Å². The van der Waals surface area contributed by atoms with Crippen molar-refractivity contribution in [1.29, 1.82) is 0 Å². The molecule has 0 saturated heterocycles. The van der Waals surface area contributed by atoms with E-state index in [0.29, 0.717) is 25.3 Å². The van der Waals surface area contributed by atoms with E-state index in [2.05, 4.69) is 4.72 Å². The number of unbranched alkanes of at least 4 members (excludes halogenated alkanes) is 1. The average Bonchev–Trinajstić information content (AvgIpc) is 2.12. The second kappa shape index (κ2) is 7.45. The summed E-state index contributed by atoms with van der Waals surface area (Å²) in [6.45, 7) is 2.28. The van der Waals surface area contributed by atoms with Crippen LogP contribution >= 0.6 is 11.6 Å². The maximum atomic E-state index is 11.3. The predicted octanol–water partition coefficient (Wildman–Crippen LogP) is 0.553. The number of nitrogens with one attached hydrogen (secondary N) is 1. The van der Waals surface area contributed by atoms with Crippen molar-refractivity contribution in [3.63, 3.8) is 0 Å². The molecule has 2 N–H and O–H groups in total. The summed E-state index contributed by atoms with van der Waals surface area (Å²) in [6, 6.07) is 0. The smallest absolute Gasteiger partial charge is 0.211 e. The molecule has 0 heterocycles. The molecule has 0 aromatic rings. The van der Waals surface area contributed by atoms with E-state index in [1.54, 1.807) is 6.92 Å². The highest BCUT2D eigenvalue weighted by atomic mass is 35.5. The number of aliphatic hydroxyl groups excluding tert-OH is 1. The lowest BCUT2D eigenvalue weighted by atomic mass is 10.3. The van der Waals surface area contributed by atoms with Gasteiger partial charge < -0.3 is 5.11 Å². The van der Waals surface area contributed by atoms with Crippen molar-refractivity contribution in [2.24, 2.45) is 5.92 Å². The summed E-state index contributed by atoms with van der Waals surface area (Å²) in [4.78, 5) is 0. The third-order valence-corrected chi connectivity index (χ3v) is 3.85. The van der Waals surface area contributed by atoms with Crippen LogP contribution in [0.15, 0.2) is 0 Å². The van der Waals surface area contributed by atoms with E-state index in [-0.39, 0.29) is 18.3 Å². The highest BCUT2D eigenvalue weighted by Gasteiger charge is 2.13. The fourth-order valence-corrected chi connectivity index (χ4v) is 2.62. The third kappa shape index (κ3) is 7.55. The first-order chi connectivity index (χ1) is 6.52. The predicted molar refractivity (Wildman–Crippen MR) is 58.0 cm³/mol. The zero-order valence-corrected chi connectivity index (χ0v) is 9.94. The summed E-state index contributed by atoms with van der Waals surface area (Å²) in [5.41, 5.74) is 0. The standard InChI is InChI=1S/C8H18ClNO3S/c1-8(6-9)7-14(12,13)10-4-2-3-5-11/h8,10-11H,2-7H2,1H3. The van der Waals surface area contributed by atoms with Crippen LogP contribution in [0.25, 0.3) is 0 Å². The molecule has 0 bridgehead atoms. The molecule has 6 heteroatoms. The number of rotatable bonds is 8. The molecular weight excluding hydrogens is 226 g/mol. The Hall–Kier alpha value is 0.160. The van der Waals surface area contributed by atoms with Gasteiger partial charge in [0, 0.05) is 19.0 Å². The van der Waals surface area contributed by atoms with Crippen LogP contribution in [0.5, 0.6) is 0 Å². The fourth-order valence-electron chi connectivity index (χ4n) is 0.943. The molecule has 0 rings (SSSR count). The van der Waals surface area contributed by atoms with Crippen LogP contribution in [-0.2, 0) is 10.0 Å². The van der Waals surface area contributed by atoms with Crippen LogP contribution in [0.4, 0.5) is 0 Å². The summed E-state index contributed by atoms with van der Waals surface area (Å²) in [5.74, 6) is 0.375. The molecule has 0 aliphatic carbocycles. The molecule has 1 atom stereocenters. The van der Waals surface area contributed by atoms with Crippen molar-refractivity contribution in [2.45, 2.75) is 19.8 Å². The van der Waals surface area contributed by atoms with Gasteiger partial charge in [-0.1, -0.05) is 6.92 Å². The van der Waals surface area contributed by atoms with E-state index in [0.717, 1.165) is 0 Å². The van der Waals surface area contributed by atoms with Crippen LogP contribution in [-0.4, -0.2) is 38.3 Å².